The van der Waals surface area contributed by atoms with Gasteiger partial charge < -0.3 is 10.6 Å². The third-order valence-electron chi connectivity index (χ3n) is 5.48. The molecule has 1 atom stereocenters. The number of anilines is 1. The minimum Gasteiger partial charge on any atom is -0.345 e. The van der Waals surface area contributed by atoms with Crippen LogP contribution in [0.15, 0.2) is 30.5 Å². The number of amides is 1. The van der Waals surface area contributed by atoms with Gasteiger partial charge in [0.05, 0.1) is 17.5 Å². The van der Waals surface area contributed by atoms with Crippen molar-refractivity contribution in [2.75, 3.05) is 18.1 Å². The molecule has 3 rings (SSSR count). The zero-order chi connectivity index (χ0) is 23.7. The van der Waals surface area contributed by atoms with Crippen LogP contribution < -0.4 is 10.6 Å². The lowest BCUT2D eigenvalue weighted by molar-refractivity contribution is 0.102. The standard InChI is InChI=1S/C21H25F2N5O3S/c1-4-5-8-21(12-32(30,31)28(3)20(24)27-21)16-10-15(6-7-17(16)23)26-19(29)18-13(2)9-14(22)11-25-18/h6-7,9-11H,4-5,8,12H2,1-3H3,(H2,24,27)(H,26,29)/t21-/m0/s1. The van der Waals surface area contributed by atoms with Gasteiger partial charge in [0.25, 0.3) is 5.91 Å². The van der Waals surface area contributed by atoms with Gasteiger partial charge in [0.15, 0.2) is 0 Å². The van der Waals surface area contributed by atoms with Crippen molar-refractivity contribution in [1.82, 2.24) is 14.6 Å². The van der Waals surface area contributed by atoms with Crippen LogP contribution in [0.5, 0.6) is 0 Å². The highest BCUT2D eigenvalue weighted by Gasteiger charge is 2.46. The molecule has 11 heteroatoms. The number of halogens is 2. The second-order valence-electron chi connectivity index (χ2n) is 7.85. The van der Waals surface area contributed by atoms with Crippen molar-refractivity contribution in [1.29, 1.82) is 5.41 Å². The molecule has 1 aliphatic heterocycles. The van der Waals surface area contributed by atoms with E-state index in [-0.39, 0.29) is 29.3 Å². The summed E-state index contributed by atoms with van der Waals surface area (Å²) in [4.78, 5) is 16.4. The van der Waals surface area contributed by atoms with Crippen LogP contribution in [0.2, 0.25) is 0 Å². The van der Waals surface area contributed by atoms with Crippen LogP contribution in [-0.4, -0.2) is 42.4 Å². The predicted octanol–water partition coefficient (Wildman–Crippen LogP) is 3.11. The molecule has 3 N–H and O–H groups in total. The zero-order valence-electron chi connectivity index (χ0n) is 18.0. The fraction of sp³-hybridized carbons (Fsp3) is 0.381. The lowest BCUT2D eigenvalue weighted by Gasteiger charge is -2.43. The number of benzene rings is 1. The molecule has 172 valence electrons. The van der Waals surface area contributed by atoms with E-state index in [0.29, 0.717) is 12.0 Å². The molecule has 0 bridgehead atoms. The summed E-state index contributed by atoms with van der Waals surface area (Å²) < 4.78 is 54.5. The van der Waals surface area contributed by atoms with Crippen molar-refractivity contribution in [3.8, 4) is 0 Å². The van der Waals surface area contributed by atoms with Crippen molar-refractivity contribution in [3.05, 3.63) is 58.9 Å². The number of hydrogen-bond donors (Lipinski definition) is 3. The fourth-order valence-electron chi connectivity index (χ4n) is 3.72. The van der Waals surface area contributed by atoms with Crippen LogP contribution in [0.25, 0.3) is 0 Å². The number of pyridine rings is 1. The molecule has 1 aliphatic rings. The van der Waals surface area contributed by atoms with Crippen LogP contribution in [0.4, 0.5) is 14.5 Å². The summed E-state index contributed by atoms with van der Waals surface area (Å²) in [6, 6.07) is 5.03. The number of carbonyl (C=O) groups excluding carboxylic acids is 1. The first-order chi connectivity index (χ1) is 15.0. The van der Waals surface area contributed by atoms with E-state index in [9.17, 15) is 22.0 Å². The molecule has 1 fully saturated rings. The van der Waals surface area contributed by atoms with E-state index in [1.54, 1.807) is 6.92 Å². The number of guanidine groups is 1. The topological polar surface area (TPSA) is 115 Å². The molecule has 2 heterocycles. The normalized spacial score (nSPS) is 20.0. The van der Waals surface area contributed by atoms with Crippen molar-refractivity contribution in [2.24, 2.45) is 0 Å². The fourth-order valence-corrected chi connectivity index (χ4v) is 5.23. The SMILES string of the molecule is CCCC[C@@]1(c2cc(NC(=O)c3ncc(F)cc3C)ccc2F)CS(=O)(=O)N(C)C(=N)N1. The van der Waals surface area contributed by atoms with Gasteiger partial charge in [0.2, 0.25) is 16.0 Å². The van der Waals surface area contributed by atoms with Gasteiger partial charge in [-0.2, -0.15) is 0 Å². The largest absolute Gasteiger partial charge is 0.345 e. The van der Waals surface area contributed by atoms with Crippen LogP contribution in [0.3, 0.4) is 0 Å². The average Bonchev–Trinajstić information content (AvgIpc) is 2.71. The summed E-state index contributed by atoms with van der Waals surface area (Å²) in [5.74, 6) is -2.63. The molecule has 0 unspecified atom stereocenters. The number of nitrogens with one attached hydrogen (secondary N) is 3. The summed E-state index contributed by atoms with van der Waals surface area (Å²) in [5, 5.41) is 13.6. The van der Waals surface area contributed by atoms with Crippen LogP contribution in [-0.2, 0) is 15.6 Å². The maximum atomic E-state index is 15.0. The Morgan fingerprint density at radius 2 is 2.06 bits per heavy atom. The van der Waals surface area contributed by atoms with Gasteiger partial charge in [-0.15, -0.1) is 0 Å². The minimum absolute atomic E-state index is 0.0137. The number of aromatic nitrogens is 1. The maximum Gasteiger partial charge on any atom is 0.274 e. The number of unbranched alkanes of at least 4 members (excludes halogenated alkanes) is 1. The minimum atomic E-state index is -3.86. The van der Waals surface area contributed by atoms with Crippen LogP contribution in [0, 0.1) is 24.0 Å². The molecule has 32 heavy (non-hydrogen) atoms. The van der Waals surface area contributed by atoms with Crippen molar-refractivity contribution < 1.29 is 22.0 Å². The summed E-state index contributed by atoms with van der Waals surface area (Å²) in [6.07, 6.45) is 2.52. The van der Waals surface area contributed by atoms with Gasteiger partial charge >= 0.3 is 0 Å². The van der Waals surface area contributed by atoms with Gasteiger partial charge in [-0.1, -0.05) is 19.8 Å². The van der Waals surface area contributed by atoms with E-state index in [1.165, 1.54) is 25.2 Å². The number of sulfonamides is 1. The number of carbonyl (C=O) groups is 1. The molecular formula is C21H25F2N5O3S. The average molecular weight is 466 g/mol. The van der Waals surface area contributed by atoms with Gasteiger partial charge in [-0.3, -0.25) is 10.2 Å². The van der Waals surface area contributed by atoms with E-state index in [1.807, 2.05) is 6.92 Å². The predicted molar refractivity (Wildman–Crippen MR) is 117 cm³/mol. The monoisotopic (exact) mass is 465 g/mol. The van der Waals surface area contributed by atoms with Crippen LogP contribution >= 0.6 is 0 Å². The van der Waals surface area contributed by atoms with E-state index in [4.69, 9.17) is 5.41 Å². The highest BCUT2D eigenvalue weighted by atomic mass is 32.2. The van der Waals surface area contributed by atoms with E-state index < -0.39 is 38.9 Å². The molecule has 0 radical (unpaired) electrons. The Morgan fingerprint density at radius 3 is 2.69 bits per heavy atom. The molecule has 1 aromatic carbocycles. The second-order valence-corrected chi connectivity index (χ2v) is 9.85. The van der Waals surface area contributed by atoms with E-state index in [0.717, 1.165) is 23.0 Å². The third-order valence-corrected chi connectivity index (χ3v) is 7.35. The number of rotatable bonds is 6. The number of hydrogen-bond acceptors (Lipinski definition) is 5. The van der Waals surface area contributed by atoms with Crippen molar-refractivity contribution in [3.63, 3.8) is 0 Å². The first-order valence-corrected chi connectivity index (χ1v) is 11.7. The third kappa shape index (κ3) is 4.57. The Balaban J connectivity index is 2.01. The van der Waals surface area contributed by atoms with Crippen LogP contribution in [0.1, 0.15) is 47.8 Å². The first-order valence-electron chi connectivity index (χ1n) is 10.1. The molecule has 0 aliphatic carbocycles. The smallest absolute Gasteiger partial charge is 0.274 e. The summed E-state index contributed by atoms with van der Waals surface area (Å²) >= 11 is 0. The maximum absolute atomic E-state index is 15.0. The Bertz CT molecular complexity index is 1170. The molecule has 1 amide bonds. The first kappa shape index (κ1) is 23.6. The van der Waals surface area contributed by atoms with Crippen molar-refractivity contribution in [2.45, 2.75) is 38.6 Å². The Morgan fingerprint density at radius 1 is 1.34 bits per heavy atom. The summed E-state index contributed by atoms with van der Waals surface area (Å²) in [6.45, 7) is 3.47. The van der Waals surface area contributed by atoms with Crippen molar-refractivity contribution >= 4 is 27.6 Å². The molecule has 1 saturated heterocycles. The number of nitrogens with zero attached hydrogens (tertiary/aromatic N) is 2. The van der Waals surface area contributed by atoms with E-state index in [2.05, 4.69) is 15.6 Å². The summed E-state index contributed by atoms with van der Waals surface area (Å²) in [7, 11) is -2.59. The molecule has 0 saturated carbocycles. The van der Waals surface area contributed by atoms with Gasteiger partial charge in [0.1, 0.15) is 17.3 Å². The van der Waals surface area contributed by atoms with E-state index >= 15 is 0 Å². The Kier molecular flexibility index (Phi) is 6.49. The quantitative estimate of drug-likeness (QED) is 0.606. The zero-order valence-corrected chi connectivity index (χ0v) is 18.8. The lowest BCUT2D eigenvalue weighted by atomic mass is 9.85. The second kappa shape index (κ2) is 8.81. The molecule has 2 aromatic rings. The molecule has 8 nitrogen and oxygen atoms in total. The summed E-state index contributed by atoms with van der Waals surface area (Å²) in [5.41, 5.74) is -0.764. The van der Waals surface area contributed by atoms with Gasteiger partial charge in [-0.05, 0) is 43.2 Å². The number of aryl methyl sites for hydroxylation is 1. The van der Waals surface area contributed by atoms with Gasteiger partial charge in [-0.25, -0.2) is 26.5 Å². The highest BCUT2D eigenvalue weighted by Crippen LogP contribution is 2.36. The Labute approximate surface area is 185 Å². The lowest BCUT2D eigenvalue weighted by Crippen LogP contribution is -2.62. The molecule has 1 aromatic heterocycles. The van der Waals surface area contributed by atoms with Gasteiger partial charge in [0, 0.05) is 18.3 Å². The molecule has 0 spiro atoms. The Hall–Kier alpha value is -3.08. The molecular weight excluding hydrogens is 440 g/mol. The highest BCUT2D eigenvalue weighted by molar-refractivity contribution is 7.89.